The summed E-state index contributed by atoms with van der Waals surface area (Å²) in [6.45, 7) is 6.61. The van der Waals surface area contributed by atoms with E-state index in [0.717, 1.165) is 18.8 Å². The number of halogens is 1. The number of rotatable bonds is 4. The van der Waals surface area contributed by atoms with E-state index >= 15 is 0 Å². The van der Waals surface area contributed by atoms with Gasteiger partial charge in [0.2, 0.25) is 5.95 Å². The average molecular weight is 359 g/mol. The molecule has 0 saturated carbocycles. The van der Waals surface area contributed by atoms with Crippen LogP contribution in [0, 0.1) is 19.7 Å². The fourth-order valence-corrected chi connectivity index (χ4v) is 2.63. The highest BCUT2D eigenvalue weighted by Gasteiger charge is 2.15. The van der Waals surface area contributed by atoms with Gasteiger partial charge in [-0.05, 0) is 37.6 Å². The summed E-state index contributed by atoms with van der Waals surface area (Å²) in [6, 6.07) is 5.98. The third-order valence-electron chi connectivity index (χ3n) is 4.05. The van der Waals surface area contributed by atoms with Gasteiger partial charge in [0.1, 0.15) is 5.82 Å². The maximum atomic E-state index is 13.5. The number of hydrogen-bond acceptors (Lipinski definition) is 5. The van der Waals surface area contributed by atoms with E-state index < -0.39 is 6.03 Å². The molecule has 138 valence electrons. The minimum Gasteiger partial charge on any atom is -0.378 e. The predicted molar refractivity (Wildman–Crippen MR) is 96.8 cm³/mol. The molecule has 0 bridgehead atoms. The Morgan fingerprint density at radius 2 is 2.00 bits per heavy atom. The predicted octanol–water partition coefficient (Wildman–Crippen LogP) is 2.39. The van der Waals surface area contributed by atoms with E-state index in [1.54, 1.807) is 19.1 Å². The van der Waals surface area contributed by atoms with Crippen LogP contribution in [0.2, 0.25) is 0 Å². The number of ether oxygens (including phenoxy) is 1. The standard InChI is InChI=1S/C18H22FN5O2/c1-12-3-4-14(10-16(12)19)23-18(25)20-11-15-9-13(2)21-17(22-15)24-5-7-26-8-6-24/h3-4,9-10H,5-8,11H2,1-2H3,(H2,20,23,25). The molecular weight excluding hydrogens is 337 g/mol. The molecule has 0 aliphatic carbocycles. The van der Waals surface area contributed by atoms with Crippen LogP contribution in [0.25, 0.3) is 0 Å². The fourth-order valence-electron chi connectivity index (χ4n) is 2.63. The third kappa shape index (κ3) is 4.66. The number of carbonyl (C=O) groups is 1. The molecule has 0 atom stereocenters. The lowest BCUT2D eigenvalue weighted by Gasteiger charge is -2.27. The molecule has 1 saturated heterocycles. The Morgan fingerprint density at radius 1 is 1.23 bits per heavy atom. The maximum absolute atomic E-state index is 13.5. The largest absolute Gasteiger partial charge is 0.378 e. The average Bonchev–Trinajstić information content (AvgIpc) is 2.63. The van der Waals surface area contributed by atoms with Crippen molar-refractivity contribution in [3.8, 4) is 0 Å². The molecule has 7 nitrogen and oxygen atoms in total. The number of anilines is 2. The van der Waals surface area contributed by atoms with Gasteiger partial charge >= 0.3 is 6.03 Å². The van der Waals surface area contributed by atoms with Crippen LogP contribution in [0.5, 0.6) is 0 Å². The van der Waals surface area contributed by atoms with Gasteiger partial charge in [-0.3, -0.25) is 0 Å². The minimum absolute atomic E-state index is 0.251. The number of morpholine rings is 1. The molecule has 26 heavy (non-hydrogen) atoms. The van der Waals surface area contributed by atoms with Crippen molar-refractivity contribution >= 4 is 17.7 Å². The smallest absolute Gasteiger partial charge is 0.319 e. The zero-order valence-corrected chi connectivity index (χ0v) is 14.9. The first kappa shape index (κ1) is 18.1. The molecule has 2 aromatic rings. The molecule has 1 aliphatic rings. The van der Waals surface area contributed by atoms with Gasteiger partial charge in [0.05, 0.1) is 25.5 Å². The Hall–Kier alpha value is -2.74. The Labute approximate surface area is 151 Å². The zero-order chi connectivity index (χ0) is 18.5. The number of carbonyl (C=O) groups excluding carboxylic acids is 1. The van der Waals surface area contributed by atoms with Crippen molar-refractivity contribution in [1.29, 1.82) is 0 Å². The van der Waals surface area contributed by atoms with Crippen LogP contribution in [0.1, 0.15) is 17.0 Å². The number of aromatic nitrogens is 2. The highest BCUT2D eigenvalue weighted by molar-refractivity contribution is 5.89. The summed E-state index contributed by atoms with van der Waals surface area (Å²) in [5, 5.41) is 5.35. The molecule has 3 rings (SSSR count). The first-order valence-corrected chi connectivity index (χ1v) is 8.49. The SMILES string of the molecule is Cc1cc(CNC(=O)Nc2ccc(C)c(F)c2)nc(N2CCOCC2)n1. The highest BCUT2D eigenvalue weighted by Crippen LogP contribution is 2.14. The molecule has 1 aromatic heterocycles. The van der Waals surface area contributed by atoms with E-state index in [1.165, 1.54) is 6.07 Å². The van der Waals surface area contributed by atoms with E-state index in [9.17, 15) is 9.18 Å². The summed E-state index contributed by atoms with van der Waals surface area (Å²) in [4.78, 5) is 23.1. The van der Waals surface area contributed by atoms with E-state index in [1.807, 2.05) is 13.0 Å². The van der Waals surface area contributed by atoms with Crippen molar-refractivity contribution in [2.75, 3.05) is 36.5 Å². The van der Waals surface area contributed by atoms with E-state index in [2.05, 4.69) is 25.5 Å². The van der Waals surface area contributed by atoms with Gasteiger partial charge < -0.3 is 20.3 Å². The monoisotopic (exact) mass is 359 g/mol. The molecule has 1 fully saturated rings. The summed E-state index contributed by atoms with van der Waals surface area (Å²) < 4.78 is 18.9. The van der Waals surface area contributed by atoms with Gasteiger partial charge in [-0.25, -0.2) is 19.2 Å². The van der Waals surface area contributed by atoms with Crippen molar-refractivity contribution in [3.05, 3.63) is 47.0 Å². The molecule has 2 N–H and O–H groups in total. The summed E-state index contributed by atoms with van der Waals surface area (Å²) in [5.74, 6) is 0.287. The molecule has 8 heteroatoms. The van der Waals surface area contributed by atoms with Crippen molar-refractivity contribution in [2.24, 2.45) is 0 Å². The van der Waals surface area contributed by atoms with Crippen LogP contribution in [0.15, 0.2) is 24.3 Å². The van der Waals surface area contributed by atoms with Crippen LogP contribution in [-0.2, 0) is 11.3 Å². The van der Waals surface area contributed by atoms with Crippen LogP contribution < -0.4 is 15.5 Å². The lowest BCUT2D eigenvalue weighted by molar-refractivity contribution is 0.122. The van der Waals surface area contributed by atoms with E-state index in [-0.39, 0.29) is 12.4 Å². The van der Waals surface area contributed by atoms with Gasteiger partial charge in [-0.15, -0.1) is 0 Å². The number of benzene rings is 1. The Morgan fingerprint density at radius 3 is 2.73 bits per heavy atom. The zero-order valence-electron chi connectivity index (χ0n) is 14.9. The topological polar surface area (TPSA) is 79.4 Å². The summed E-state index contributed by atoms with van der Waals surface area (Å²) in [6.07, 6.45) is 0. The van der Waals surface area contributed by atoms with Crippen molar-refractivity contribution in [1.82, 2.24) is 15.3 Å². The third-order valence-corrected chi connectivity index (χ3v) is 4.05. The Balaban J connectivity index is 1.60. The summed E-state index contributed by atoms with van der Waals surface area (Å²) >= 11 is 0. The second-order valence-corrected chi connectivity index (χ2v) is 6.17. The van der Waals surface area contributed by atoms with Gasteiger partial charge in [0.25, 0.3) is 0 Å². The molecule has 1 aliphatic heterocycles. The van der Waals surface area contributed by atoms with Gasteiger partial charge in [-0.1, -0.05) is 6.07 Å². The van der Waals surface area contributed by atoms with Crippen molar-refractivity contribution in [2.45, 2.75) is 20.4 Å². The second kappa shape index (κ2) is 8.09. The van der Waals surface area contributed by atoms with Crippen LogP contribution in [0.4, 0.5) is 20.8 Å². The lowest BCUT2D eigenvalue weighted by atomic mass is 10.2. The van der Waals surface area contributed by atoms with Gasteiger partial charge in [0, 0.05) is 24.5 Å². The molecule has 0 unspecified atom stereocenters. The second-order valence-electron chi connectivity index (χ2n) is 6.17. The first-order chi connectivity index (χ1) is 12.5. The Bertz CT molecular complexity index is 793. The normalized spacial score (nSPS) is 14.2. The molecule has 1 aromatic carbocycles. The Kier molecular flexibility index (Phi) is 5.62. The van der Waals surface area contributed by atoms with E-state index in [4.69, 9.17) is 4.74 Å². The molecule has 2 amide bonds. The van der Waals surface area contributed by atoms with Crippen molar-refractivity contribution in [3.63, 3.8) is 0 Å². The molecule has 2 heterocycles. The fraction of sp³-hybridized carbons (Fsp3) is 0.389. The summed E-state index contributed by atoms with van der Waals surface area (Å²) in [7, 11) is 0. The van der Waals surface area contributed by atoms with Crippen molar-refractivity contribution < 1.29 is 13.9 Å². The lowest BCUT2D eigenvalue weighted by Crippen LogP contribution is -2.37. The number of aryl methyl sites for hydroxylation is 2. The summed E-state index contributed by atoms with van der Waals surface area (Å²) in [5.41, 5.74) is 2.48. The number of hydrogen-bond donors (Lipinski definition) is 2. The minimum atomic E-state index is -0.419. The number of amides is 2. The number of urea groups is 1. The van der Waals surface area contributed by atoms with Gasteiger partial charge in [0.15, 0.2) is 0 Å². The molecule has 0 radical (unpaired) electrons. The van der Waals surface area contributed by atoms with Crippen LogP contribution >= 0.6 is 0 Å². The first-order valence-electron chi connectivity index (χ1n) is 8.49. The maximum Gasteiger partial charge on any atom is 0.319 e. The highest BCUT2D eigenvalue weighted by atomic mass is 19.1. The number of nitrogens with one attached hydrogen (secondary N) is 2. The number of nitrogens with zero attached hydrogens (tertiary/aromatic N) is 3. The van der Waals surface area contributed by atoms with Crippen LogP contribution in [0.3, 0.4) is 0 Å². The van der Waals surface area contributed by atoms with E-state index in [0.29, 0.717) is 36.1 Å². The quantitative estimate of drug-likeness (QED) is 0.876. The molecule has 0 spiro atoms. The van der Waals surface area contributed by atoms with Gasteiger partial charge in [-0.2, -0.15) is 0 Å². The van der Waals surface area contributed by atoms with Crippen LogP contribution in [-0.4, -0.2) is 42.3 Å². The molecular formula is C18H22FN5O2.